The van der Waals surface area contributed by atoms with Crippen LogP contribution in [0.3, 0.4) is 0 Å². The molecule has 0 spiro atoms. The monoisotopic (exact) mass is 311 g/mol. The zero-order chi connectivity index (χ0) is 15.9. The van der Waals surface area contributed by atoms with Crippen molar-refractivity contribution in [2.24, 2.45) is 5.92 Å². The summed E-state index contributed by atoms with van der Waals surface area (Å²) in [4.78, 5) is 10.9. The summed E-state index contributed by atoms with van der Waals surface area (Å²) in [5.41, 5.74) is 0. The molecule has 3 heterocycles. The number of benzene rings is 1. The Kier molecular flexibility index (Phi) is 6.00. The van der Waals surface area contributed by atoms with Crippen LogP contribution in [0.2, 0.25) is 0 Å². The van der Waals surface area contributed by atoms with E-state index in [0.717, 1.165) is 5.92 Å². The molecule has 0 radical (unpaired) electrons. The van der Waals surface area contributed by atoms with Crippen molar-refractivity contribution in [1.29, 1.82) is 0 Å². The SMILES string of the molecule is COc1cc(F)ccc1OCC1CC2CCN1CC2.O=CO. The van der Waals surface area contributed by atoms with E-state index in [1.54, 1.807) is 6.07 Å². The number of carbonyl (C=O) groups is 1. The van der Waals surface area contributed by atoms with E-state index in [-0.39, 0.29) is 12.3 Å². The summed E-state index contributed by atoms with van der Waals surface area (Å²) in [5, 5.41) is 6.89. The van der Waals surface area contributed by atoms with E-state index in [0.29, 0.717) is 24.1 Å². The van der Waals surface area contributed by atoms with Gasteiger partial charge in [0.1, 0.15) is 12.4 Å². The highest BCUT2D eigenvalue weighted by atomic mass is 19.1. The fourth-order valence-electron chi connectivity index (χ4n) is 3.21. The van der Waals surface area contributed by atoms with Crippen LogP contribution < -0.4 is 9.47 Å². The second-order valence-electron chi connectivity index (χ2n) is 5.58. The van der Waals surface area contributed by atoms with E-state index >= 15 is 0 Å². The van der Waals surface area contributed by atoms with Crippen LogP contribution in [0.5, 0.6) is 11.5 Å². The van der Waals surface area contributed by atoms with Gasteiger partial charge in [-0.25, -0.2) is 4.39 Å². The minimum atomic E-state index is -0.301. The average Bonchev–Trinajstić information content (AvgIpc) is 2.55. The number of piperidine rings is 3. The highest BCUT2D eigenvalue weighted by Crippen LogP contribution is 2.33. The second kappa shape index (κ2) is 7.98. The van der Waals surface area contributed by atoms with Gasteiger partial charge in [-0.1, -0.05) is 0 Å². The molecule has 4 rings (SSSR count). The van der Waals surface area contributed by atoms with Crippen LogP contribution in [0.4, 0.5) is 4.39 Å². The molecule has 1 unspecified atom stereocenters. The first-order valence-corrected chi connectivity index (χ1v) is 7.46. The second-order valence-corrected chi connectivity index (χ2v) is 5.58. The lowest BCUT2D eigenvalue weighted by Gasteiger charge is -2.45. The van der Waals surface area contributed by atoms with Crippen molar-refractivity contribution in [1.82, 2.24) is 4.90 Å². The Labute approximate surface area is 129 Å². The van der Waals surface area contributed by atoms with E-state index in [4.69, 9.17) is 19.4 Å². The van der Waals surface area contributed by atoms with Gasteiger partial charge in [0.05, 0.1) is 7.11 Å². The van der Waals surface area contributed by atoms with Crippen LogP contribution in [0.25, 0.3) is 0 Å². The molecule has 1 atom stereocenters. The van der Waals surface area contributed by atoms with Gasteiger partial charge in [0.2, 0.25) is 0 Å². The van der Waals surface area contributed by atoms with Gasteiger partial charge < -0.3 is 14.6 Å². The summed E-state index contributed by atoms with van der Waals surface area (Å²) in [6, 6.07) is 4.92. The van der Waals surface area contributed by atoms with Gasteiger partial charge >= 0.3 is 0 Å². The Morgan fingerprint density at radius 1 is 1.36 bits per heavy atom. The molecule has 3 aliphatic rings. The number of nitrogens with zero attached hydrogens (tertiary/aromatic N) is 1. The molecule has 1 aromatic carbocycles. The number of methoxy groups -OCH3 is 1. The van der Waals surface area contributed by atoms with Crippen molar-refractivity contribution in [2.45, 2.75) is 25.3 Å². The predicted molar refractivity (Wildman–Crippen MR) is 79.8 cm³/mol. The van der Waals surface area contributed by atoms with Gasteiger partial charge in [0, 0.05) is 12.1 Å². The fraction of sp³-hybridized carbons (Fsp3) is 0.562. The smallest absolute Gasteiger partial charge is 0.290 e. The zero-order valence-corrected chi connectivity index (χ0v) is 12.7. The molecule has 0 aliphatic carbocycles. The lowest BCUT2D eigenvalue weighted by molar-refractivity contribution is -0.122. The molecule has 5 nitrogen and oxygen atoms in total. The molecule has 6 heteroatoms. The number of ether oxygens (including phenoxy) is 2. The third kappa shape index (κ3) is 4.10. The van der Waals surface area contributed by atoms with Gasteiger partial charge in [-0.05, 0) is 50.4 Å². The maximum absolute atomic E-state index is 13.1. The predicted octanol–water partition coefficient (Wildman–Crippen LogP) is 2.40. The van der Waals surface area contributed by atoms with E-state index in [2.05, 4.69) is 4.90 Å². The molecule has 0 saturated carbocycles. The normalized spacial score (nSPS) is 25.8. The van der Waals surface area contributed by atoms with Gasteiger partial charge in [0.25, 0.3) is 6.47 Å². The molecule has 0 aromatic heterocycles. The van der Waals surface area contributed by atoms with Crippen molar-refractivity contribution in [3.63, 3.8) is 0 Å². The van der Waals surface area contributed by atoms with E-state index in [9.17, 15) is 4.39 Å². The highest BCUT2D eigenvalue weighted by Gasteiger charge is 2.33. The van der Waals surface area contributed by atoms with Crippen LogP contribution >= 0.6 is 0 Å². The quantitative estimate of drug-likeness (QED) is 0.865. The van der Waals surface area contributed by atoms with Gasteiger partial charge in [-0.2, -0.15) is 0 Å². The molecular weight excluding hydrogens is 289 g/mol. The maximum atomic E-state index is 13.1. The van der Waals surface area contributed by atoms with Crippen molar-refractivity contribution in [3.8, 4) is 11.5 Å². The molecule has 22 heavy (non-hydrogen) atoms. The first-order valence-electron chi connectivity index (χ1n) is 7.46. The Morgan fingerprint density at radius 2 is 2.05 bits per heavy atom. The summed E-state index contributed by atoms with van der Waals surface area (Å²) in [5.74, 6) is 1.67. The van der Waals surface area contributed by atoms with Crippen LogP contribution in [0, 0.1) is 11.7 Å². The standard InChI is InChI=1S/C15H20FNO2.CH2O2/c1-18-15-9-12(16)2-3-14(15)19-10-13-8-11-4-6-17(13)7-5-11;2-1-3/h2-3,9,11,13H,4-8,10H2,1H3;1H,(H,2,3). The first-order chi connectivity index (χ1) is 10.7. The van der Waals surface area contributed by atoms with Crippen LogP contribution in [0.1, 0.15) is 19.3 Å². The van der Waals surface area contributed by atoms with Gasteiger partial charge in [-0.15, -0.1) is 0 Å². The van der Waals surface area contributed by atoms with Crippen molar-refractivity contribution in [3.05, 3.63) is 24.0 Å². The van der Waals surface area contributed by atoms with Crippen LogP contribution in [-0.2, 0) is 4.79 Å². The Hall–Kier alpha value is -1.82. The summed E-state index contributed by atoms with van der Waals surface area (Å²) in [6.45, 7) is 2.80. The molecule has 2 bridgehead atoms. The number of hydrogen-bond donors (Lipinski definition) is 1. The molecular formula is C16H22FNO4. The topological polar surface area (TPSA) is 59.0 Å². The van der Waals surface area contributed by atoms with Gasteiger partial charge in [-0.3, -0.25) is 9.69 Å². The maximum Gasteiger partial charge on any atom is 0.290 e. The fourth-order valence-corrected chi connectivity index (χ4v) is 3.21. The van der Waals surface area contributed by atoms with Gasteiger partial charge in [0.15, 0.2) is 11.5 Å². The first kappa shape index (κ1) is 16.5. The zero-order valence-electron chi connectivity index (χ0n) is 12.7. The Balaban J connectivity index is 0.000000545. The summed E-state index contributed by atoms with van der Waals surface area (Å²) >= 11 is 0. The van der Waals surface area contributed by atoms with E-state index in [1.165, 1.54) is 51.6 Å². The minimum Gasteiger partial charge on any atom is -0.493 e. The van der Waals surface area contributed by atoms with E-state index < -0.39 is 0 Å². The summed E-state index contributed by atoms with van der Waals surface area (Å²) in [6.07, 6.45) is 3.89. The Bertz CT molecular complexity index is 489. The molecule has 1 N–H and O–H groups in total. The number of rotatable bonds is 4. The molecule has 3 aliphatic heterocycles. The van der Waals surface area contributed by atoms with Crippen molar-refractivity contribution >= 4 is 6.47 Å². The summed E-state index contributed by atoms with van der Waals surface area (Å²) < 4.78 is 24.1. The molecule has 0 amide bonds. The number of hydrogen-bond acceptors (Lipinski definition) is 4. The summed E-state index contributed by atoms with van der Waals surface area (Å²) in [7, 11) is 1.54. The van der Waals surface area contributed by atoms with Crippen molar-refractivity contribution in [2.75, 3.05) is 26.8 Å². The number of halogens is 1. The largest absolute Gasteiger partial charge is 0.493 e. The number of carboxylic acid groups (broad SMARTS) is 1. The third-order valence-corrected chi connectivity index (χ3v) is 4.33. The lowest BCUT2D eigenvalue weighted by Crippen LogP contribution is -2.51. The minimum absolute atomic E-state index is 0.250. The third-order valence-electron chi connectivity index (χ3n) is 4.33. The molecule has 3 saturated heterocycles. The highest BCUT2D eigenvalue weighted by molar-refractivity contribution is 5.40. The molecule has 1 aromatic rings. The van der Waals surface area contributed by atoms with Crippen LogP contribution in [0.15, 0.2) is 18.2 Å². The number of fused-ring (bicyclic) bond motifs is 3. The average molecular weight is 311 g/mol. The molecule has 3 fully saturated rings. The van der Waals surface area contributed by atoms with Crippen LogP contribution in [-0.4, -0.2) is 49.3 Å². The van der Waals surface area contributed by atoms with Crippen molar-refractivity contribution < 1.29 is 23.8 Å². The molecule has 122 valence electrons. The van der Waals surface area contributed by atoms with E-state index in [1.807, 2.05) is 0 Å². The Morgan fingerprint density at radius 3 is 2.59 bits per heavy atom. The lowest BCUT2D eigenvalue weighted by atomic mass is 9.83.